The highest BCUT2D eigenvalue weighted by atomic mass is 79.9. The maximum absolute atomic E-state index is 6.37. The molecule has 1 aliphatic rings. The summed E-state index contributed by atoms with van der Waals surface area (Å²) in [5, 5.41) is 12.7. The monoisotopic (exact) mass is 592 g/mol. The molecule has 0 radical (unpaired) electrons. The first kappa shape index (κ1) is 23.8. The number of rotatable bonds is 8. The van der Waals surface area contributed by atoms with Gasteiger partial charge in [-0.2, -0.15) is 4.98 Å². The summed E-state index contributed by atoms with van der Waals surface area (Å²) in [7, 11) is 0. The number of hydrogen-bond donors (Lipinski definition) is 1. The van der Waals surface area contributed by atoms with Crippen LogP contribution in [0.3, 0.4) is 0 Å². The summed E-state index contributed by atoms with van der Waals surface area (Å²) in [6.07, 6.45) is 1.14. The van der Waals surface area contributed by atoms with E-state index in [-0.39, 0.29) is 0 Å². The molecule has 4 rings (SSSR count). The molecule has 0 saturated carbocycles. The minimum absolute atomic E-state index is 0.367. The summed E-state index contributed by atoms with van der Waals surface area (Å²) in [5.74, 6) is 2.47. The Kier molecular flexibility index (Phi) is 7.77. The summed E-state index contributed by atoms with van der Waals surface area (Å²) < 4.78 is 19.7. The second-order valence-corrected chi connectivity index (χ2v) is 9.88. The molecule has 1 aliphatic heterocycles. The number of hydrogen-bond acceptors (Lipinski definition) is 8. The predicted molar refractivity (Wildman–Crippen MR) is 137 cm³/mol. The van der Waals surface area contributed by atoms with Crippen LogP contribution < -0.4 is 19.5 Å². The lowest BCUT2D eigenvalue weighted by Crippen LogP contribution is -2.17. The fourth-order valence-corrected chi connectivity index (χ4v) is 4.74. The van der Waals surface area contributed by atoms with Crippen LogP contribution in [0.15, 0.2) is 57.1 Å². The quantitative estimate of drug-likeness (QED) is 0.230. The molecular formula is C23H22Br2N4O3S. The Morgan fingerprint density at radius 3 is 2.79 bits per heavy atom. The lowest BCUT2D eigenvalue weighted by Gasteiger charge is -2.22. The van der Waals surface area contributed by atoms with Crippen LogP contribution in [-0.4, -0.2) is 34.1 Å². The van der Waals surface area contributed by atoms with Crippen molar-refractivity contribution in [2.24, 2.45) is 0 Å². The molecule has 0 spiro atoms. The van der Waals surface area contributed by atoms with Gasteiger partial charge in [0.2, 0.25) is 11.0 Å². The first-order valence-electron chi connectivity index (χ1n) is 10.3. The molecule has 0 amide bonds. The zero-order chi connectivity index (χ0) is 23.4. The van der Waals surface area contributed by atoms with Crippen LogP contribution in [0.25, 0.3) is 11.3 Å². The van der Waals surface area contributed by atoms with Gasteiger partial charge in [0.1, 0.15) is 6.61 Å². The van der Waals surface area contributed by atoms with Crippen molar-refractivity contribution in [2.45, 2.75) is 25.2 Å². The molecule has 0 saturated heterocycles. The number of fused-ring (bicyclic) bond motifs is 3. The highest BCUT2D eigenvalue weighted by Crippen LogP contribution is 2.43. The van der Waals surface area contributed by atoms with Gasteiger partial charge in [-0.05, 0) is 58.9 Å². The van der Waals surface area contributed by atoms with Crippen molar-refractivity contribution >= 4 is 49.3 Å². The Bertz CT molecular complexity index is 1180. The van der Waals surface area contributed by atoms with Crippen molar-refractivity contribution in [3.63, 3.8) is 0 Å². The SMILES string of the molecule is C=CCOc1c(Br)cc([C@@H]2Nc3ccc(Br)cc3-c3nnc(SCC)nc3O2)cc1OCC. The van der Waals surface area contributed by atoms with E-state index in [0.717, 1.165) is 31.5 Å². The van der Waals surface area contributed by atoms with Crippen molar-refractivity contribution < 1.29 is 14.2 Å². The molecule has 0 bridgehead atoms. The number of ether oxygens (including phenoxy) is 3. The highest BCUT2D eigenvalue weighted by Gasteiger charge is 2.28. The molecule has 0 fully saturated rings. The first-order chi connectivity index (χ1) is 16.0. The van der Waals surface area contributed by atoms with Crippen LogP contribution in [0.1, 0.15) is 25.6 Å². The summed E-state index contributed by atoms with van der Waals surface area (Å²) >= 11 is 8.68. The van der Waals surface area contributed by atoms with E-state index in [1.54, 1.807) is 6.08 Å². The number of nitrogens with zero attached hydrogens (tertiary/aromatic N) is 3. The lowest BCUT2D eigenvalue weighted by atomic mass is 10.1. The Morgan fingerprint density at radius 2 is 2.03 bits per heavy atom. The summed E-state index contributed by atoms with van der Waals surface area (Å²) in [5.41, 5.74) is 3.12. The van der Waals surface area contributed by atoms with Crippen LogP contribution in [-0.2, 0) is 0 Å². The second-order valence-electron chi connectivity index (χ2n) is 6.88. The van der Waals surface area contributed by atoms with Gasteiger partial charge < -0.3 is 19.5 Å². The molecule has 10 heteroatoms. The normalized spacial score (nSPS) is 14.2. The van der Waals surface area contributed by atoms with Gasteiger partial charge >= 0.3 is 0 Å². The third-order valence-corrected chi connectivity index (χ3v) is 6.44. The summed E-state index contributed by atoms with van der Waals surface area (Å²) in [6.45, 7) is 8.55. The molecular weight excluding hydrogens is 572 g/mol. The molecule has 0 unspecified atom stereocenters. The average molecular weight is 594 g/mol. The number of halogens is 2. The minimum atomic E-state index is -0.550. The van der Waals surface area contributed by atoms with E-state index in [4.69, 9.17) is 14.2 Å². The first-order valence-corrected chi connectivity index (χ1v) is 12.9. The third kappa shape index (κ3) is 5.28. The van der Waals surface area contributed by atoms with Gasteiger partial charge in [0.05, 0.1) is 11.1 Å². The second kappa shape index (κ2) is 10.8. The molecule has 33 heavy (non-hydrogen) atoms. The van der Waals surface area contributed by atoms with Crippen LogP contribution in [0.2, 0.25) is 0 Å². The van der Waals surface area contributed by atoms with Crippen LogP contribution >= 0.6 is 43.6 Å². The van der Waals surface area contributed by atoms with Crippen molar-refractivity contribution in [3.05, 3.63) is 57.5 Å². The number of anilines is 1. The molecule has 1 atom stereocenters. The van der Waals surface area contributed by atoms with Crippen molar-refractivity contribution in [3.8, 4) is 28.6 Å². The van der Waals surface area contributed by atoms with E-state index in [9.17, 15) is 0 Å². The van der Waals surface area contributed by atoms with Crippen LogP contribution in [0.4, 0.5) is 5.69 Å². The maximum Gasteiger partial charge on any atom is 0.247 e. The molecule has 2 aromatic carbocycles. The molecule has 0 aliphatic carbocycles. The van der Waals surface area contributed by atoms with E-state index in [1.165, 1.54) is 11.8 Å². The van der Waals surface area contributed by atoms with Gasteiger partial charge in [-0.3, -0.25) is 0 Å². The number of nitrogens with one attached hydrogen (secondary N) is 1. The Morgan fingerprint density at radius 1 is 1.18 bits per heavy atom. The Hall–Kier alpha value is -2.30. The maximum atomic E-state index is 6.37. The van der Waals surface area contributed by atoms with Gasteiger partial charge in [0.25, 0.3) is 0 Å². The van der Waals surface area contributed by atoms with Gasteiger partial charge in [0, 0.05) is 21.3 Å². The van der Waals surface area contributed by atoms with Gasteiger partial charge in [0.15, 0.2) is 23.4 Å². The van der Waals surface area contributed by atoms with Crippen LogP contribution in [0, 0.1) is 0 Å². The topological polar surface area (TPSA) is 78.4 Å². The number of aromatic nitrogens is 3. The fourth-order valence-electron chi connectivity index (χ4n) is 3.30. The minimum Gasteiger partial charge on any atom is -0.490 e. The van der Waals surface area contributed by atoms with E-state index in [0.29, 0.717) is 41.4 Å². The Labute approximate surface area is 213 Å². The average Bonchev–Trinajstić information content (AvgIpc) is 2.95. The highest BCUT2D eigenvalue weighted by molar-refractivity contribution is 9.10. The van der Waals surface area contributed by atoms with Crippen LogP contribution in [0.5, 0.6) is 17.4 Å². The fraction of sp³-hybridized carbons (Fsp3) is 0.261. The molecule has 172 valence electrons. The largest absolute Gasteiger partial charge is 0.490 e. The van der Waals surface area contributed by atoms with Crippen molar-refractivity contribution in [1.82, 2.24) is 15.2 Å². The zero-order valence-corrected chi connectivity index (χ0v) is 22.1. The number of benzene rings is 2. The van der Waals surface area contributed by atoms with Gasteiger partial charge in [-0.1, -0.05) is 47.3 Å². The molecule has 1 aromatic heterocycles. The van der Waals surface area contributed by atoms with E-state index in [2.05, 4.69) is 58.9 Å². The van der Waals surface area contributed by atoms with Gasteiger partial charge in [-0.25, -0.2) is 0 Å². The third-order valence-electron chi connectivity index (χ3n) is 4.64. The summed E-state index contributed by atoms with van der Waals surface area (Å²) in [4.78, 5) is 4.64. The summed E-state index contributed by atoms with van der Waals surface area (Å²) in [6, 6.07) is 9.76. The van der Waals surface area contributed by atoms with E-state index < -0.39 is 6.23 Å². The van der Waals surface area contributed by atoms with Gasteiger partial charge in [-0.15, -0.1) is 10.2 Å². The van der Waals surface area contributed by atoms with E-state index in [1.807, 2.05) is 44.2 Å². The predicted octanol–water partition coefficient (Wildman–Crippen LogP) is 6.64. The van der Waals surface area contributed by atoms with Crippen molar-refractivity contribution in [1.29, 1.82) is 0 Å². The van der Waals surface area contributed by atoms with E-state index >= 15 is 0 Å². The smallest absolute Gasteiger partial charge is 0.247 e. The molecule has 7 nitrogen and oxygen atoms in total. The Balaban J connectivity index is 1.81. The standard InChI is InChI=1S/C23H22Br2N4O3S/c1-4-9-31-20-16(25)10-13(11-18(20)30-5-2)21-26-17-8-7-14(24)12-15(17)19-22(32-21)27-23(29-28-19)33-6-3/h4,7-8,10-12,21,26H,1,5-6,9H2,2-3H3/t21-/m1/s1. The number of thioether (sulfide) groups is 1. The van der Waals surface area contributed by atoms with Crippen molar-refractivity contribution in [2.75, 3.05) is 24.3 Å². The lowest BCUT2D eigenvalue weighted by molar-refractivity contribution is 0.223. The zero-order valence-electron chi connectivity index (χ0n) is 18.1. The molecule has 2 heterocycles. The molecule has 1 N–H and O–H groups in total. The molecule has 3 aromatic rings.